The van der Waals surface area contributed by atoms with E-state index in [-0.39, 0.29) is 5.91 Å². The molecule has 0 aromatic carbocycles. The van der Waals surface area contributed by atoms with Gasteiger partial charge in [-0.15, -0.1) is 29.7 Å². The number of amides is 1. The van der Waals surface area contributed by atoms with Gasteiger partial charge >= 0.3 is 0 Å². The molecule has 21 heavy (non-hydrogen) atoms. The molecule has 0 radical (unpaired) electrons. The molecular formula is C14H21N3O2S2. The molecule has 2 rings (SSSR count). The molecule has 0 aliphatic carbocycles. The van der Waals surface area contributed by atoms with E-state index in [0.717, 1.165) is 22.9 Å². The first-order valence-electron chi connectivity index (χ1n) is 6.72. The van der Waals surface area contributed by atoms with Crippen LogP contribution in [0, 0.1) is 0 Å². The number of aliphatic hydroxyl groups is 1. The van der Waals surface area contributed by atoms with Crippen LogP contribution in [-0.4, -0.2) is 42.5 Å². The summed E-state index contributed by atoms with van der Waals surface area (Å²) in [6.07, 6.45) is 4.30. The minimum atomic E-state index is -0.681. The summed E-state index contributed by atoms with van der Waals surface area (Å²) in [5.41, 5.74) is 5.98. The van der Waals surface area contributed by atoms with Crippen LogP contribution in [0.2, 0.25) is 0 Å². The highest BCUT2D eigenvalue weighted by atomic mass is 32.2. The molecule has 1 unspecified atom stereocenters. The second-order valence-corrected chi connectivity index (χ2v) is 7.17. The summed E-state index contributed by atoms with van der Waals surface area (Å²) in [6.45, 7) is 7.17. The van der Waals surface area contributed by atoms with E-state index in [1.807, 2.05) is 13.2 Å². The highest BCUT2D eigenvalue weighted by Gasteiger charge is 2.34. The lowest BCUT2D eigenvalue weighted by molar-refractivity contribution is 0.0839. The Morgan fingerprint density at radius 2 is 2.43 bits per heavy atom. The molecular weight excluding hydrogens is 306 g/mol. The molecule has 1 amide bonds. The van der Waals surface area contributed by atoms with Crippen molar-refractivity contribution in [1.29, 1.82) is 0 Å². The molecule has 4 N–H and O–H groups in total. The molecule has 5 nitrogen and oxygen atoms in total. The van der Waals surface area contributed by atoms with Crippen LogP contribution in [-0.2, 0) is 0 Å². The number of β-amino-alcohol motifs (C(OH)–C–C–N with tert-alkyl or cyclic N) is 1. The quantitative estimate of drug-likeness (QED) is 0.569. The molecule has 1 atom stereocenters. The zero-order valence-corrected chi connectivity index (χ0v) is 13.9. The van der Waals surface area contributed by atoms with Gasteiger partial charge in [-0.3, -0.25) is 4.79 Å². The maximum atomic E-state index is 12.1. The van der Waals surface area contributed by atoms with Gasteiger partial charge in [0.1, 0.15) is 9.88 Å². The predicted molar refractivity (Wildman–Crippen MR) is 90.5 cm³/mol. The van der Waals surface area contributed by atoms with Gasteiger partial charge in [0, 0.05) is 19.6 Å². The molecule has 1 aliphatic rings. The van der Waals surface area contributed by atoms with E-state index in [4.69, 9.17) is 5.73 Å². The van der Waals surface area contributed by atoms with Gasteiger partial charge in [-0.25, -0.2) is 0 Å². The predicted octanol–water partition coefficient (Wildman–Crippen LogP) is 1.93. The molecule has 7 heteroatoms. The summed E-state index contributed by atoms with van der Waals surface area (Å²) in [5, 5.41) is 13.9. The highest BCUT2D eigenvalue weighted by molar-refractivity contribution is 7.99. The van der Waals surface area contributed by atoms with E-state index in [0.29, 0.717) is 23.7 Å². The van der Waals surface area contributed by atoms with E-state index < -0.39 is 5.60 Å². The third-order valence-electron chi connectivity index (χ3n) is 3.44. The summed E-state index contributed by atoms with van der Waals surface area (Å²) in [5.74, 6) is -0.176. The topological polar surface area (TPSA) is 78.6 Å². The largest absolute Gasteiger partial charge is 0.396 e. The van der Waals surface area contributed by atoms with Gasteiger partial charge in [-0.1, -0.05) is 6.08 Å². The van der Waals surface area contributed by atoms with Crippen LogP contribution in [0.25, 0.3) is 0 Å². The monoisotopic (exact) mass is 327 g/mol. The lowest BCUT2D eigenvalue weighted by Crippen LogP contribution is -2.29. The van der Waals surface area contributed by atoms with E-state index in [9.17, 15) is 9.90 Å². The zero-order valence-electron chi connectivity index (χ0n) is 12.3. The van der Waals surface area contributed by atoms with Gasteiger partial charge in [0.05, 0.1) is 16.2 Å². The smallest absolute Gasteiger partial charge is 0.263 e. The van der Waals surface area contributed by atoms with Crippen molar-refractivity contribution in [3.05, 3.63) is 17.5 Å². The second-order valence-electron chi connectivity index (χ2n) is 5.35. The second kappa shape index (κ2) is 6.29. The SMILES string of the molecule is C=CCNC(=O)c1sc(N2CCC(C)(O)C2)c(SC)c1N. The number of thiophene rings is 1. The van der Waals surface area contributed by atoms with Gasteiger partial charge in [-0.2, -0.15) is 0 Å². The van der Waals surface area contributed by atoms with Crippen molar-refractivity contribution in [3.8, 4) is 0 Å². The molecule has 1 aromatic heterocycles. The molecule has 0 saturated carbocycles. The summed E-state index contributed by atoms with van der Waals surface area (Å²) < 4.78 is 0. The fraction of sp³-hybridized carbons (Fsp3) is 0.500. The molecule has 0 spiro atoms. The van der Waals surface area contributed by atoms with Crippen LogP contribution in [0.5, 0.6) is 0 Å². The number of thioether (sulfide) groups is 1. The van der Waals surface area contributed by atoms with Crippen molar-refractivity contribution in [3.63, 3.8) is 0 Å². The lowest BCUT2D eigenvalue weighted by Gasteiger charge is -2.20. The van der Waals surface area contributed by atoms with Gasteiger partial charge in [0.15, 0.2) is 0 Å². The van der Waals surface area contributed by atoms with Crippen molar-refractivity contribution in [2.45, 2.75) is 23.8 Å². The number of carbonyl (C=O) groups excluding carboxylic acids is 1. The summed E-state index contributed by atoms with van der Waals surface area (Å²) >= 11 is 2.92. The van der Waals surface area contributed by atoms with Gasteiger partial charge in [0.25, 0.3) is 5.91 Å². The summed E-state index contributed by atoms with van der Waals surface area (Å²) in [7, 11) is 0. The van der Waals surface area contributed by atoms with E-state index >= 15 is 0 Å². The number of hydrogen-bond donors (Lipinski definition) is 3. The first-order valence-corrected chi connectivity index (χ1v) is 8.76. The van der Waals surface area contributed by atoms with Gasteiger partial charge in [0.2, 0.25) is 0 Å². The third kappa shape index (κ3) is 3.36. The average molecular weight is 327 g/mol. The maximum absolute atomic E-state index is 12.1. The molecule has 1 aromatic rings. The molecule has 0 bridgehead atoms. The first-order chi connectivity index (χ1) is 9.89. The fourth-order valence-electron chi connectivity index (χ4n) is 2.35. The van der Waals surface area contributed by atoms with Gasteiger partial charge in [-0.05, 0) is 19.6 Å². The molecule has 2 heterocycles. The Hall–Kier alpha value is -1.18. The van der Waals surface area contributed by atoms with Crippen LogP contribution in [0.3, 0.4) is 0 Å². The summed E-state index contributed by atoms with van der Waals surface area (Å²) in [6, 6.07) is 0. The Kier molecular flexibility index (Phi) is 4.85. The van der Waals surface area contributed by atoms with E-state index in [1.165, 1.54) is 23.1 Å². The van der Waals surface area contributed by atoms with Crippen molar-refractivity contribution < 1.29 is 9.90 Å². The van der Waals surface area contributed by atoms with Crippen molar-refractivity contribution >= 4 is 39.7 Å². The number of nitrogens with zero attached hydrogens (tertiary/aromatic N) is 1. The first kappa shape index (κ1) is 16.2. The normalized spacial score (nSPS) is 21.6. The van der Waals surface area contributed by atoms with Crippen LogP contribution >= 0.6 is 23.1 Å². The Balaban J connectivity index is 2.30. The molecule has 116 valence electrons. The Labute approximate surface area is 133 Å². The Bertz CT molecular complexity index is 555. The average Bonchev–Trinajstić information content (AvgIpc) is 2.95. The molecule has 1 fully saturated rings. The third-order valence-corrected chi connectivity index (χ3v) is 5.65. The standard InChI is InChI=1S/C14H21N3O2S2/c1-4-6-16-12(18)10-9(15)11(20-3)13(21-10)17-7-5-14(2,19)8-17/h4,19H,1,5-8,15H2,2-3H3,(H,16,18). The van der Waals surface area contributed by atoms with Crippen LogP contribution in [0.4, 0.5) is 10.7 Å². The number of anilines is 2. The van der Waals surface area contributed by atoms with Crippen LogP contribution in [0.1, 0.15) is 23.0 Å². The van der Waals surface area contributed by atoms with E-state index in [1.54, 1.807) is 6.08 Å². The minimum Gasteiger partial charge on any atom is -0.396 e. The number of nitrogens with two attached hydrogens (primary N) is 1. The fourth-order valence-corrected chi connectivity index (χ4v) is 4.48. The van der Waals surface area contributed by atoms with Crippen molar-refractivity contribution in [2.24, 2.45) is 0 Å². The number of rotatable bonds is 5. The molecule has 1 saturated heterocycles. The number of nitrogen functional groups attached to an aromatic ring is 1. The zero-order chi connectivity index (χ0) is 15.6. The summed E-state index contributed by atoms with van der Waals surface area (Å²) in [4.78, 5) is 15.7. The maximum Gasteiger partial charge on any atom is 0.263 e. The number of carbonyl (C=O) groups is 1. The van der Waals surface area contributed by atoms with Crippen molar-refractivity contribution in [1.82, 2.24) is 5.32 Å². The Morgan fingerprint density at radius 3 is 2.95 bits per heavy atom. The van der Waals surface area contributed by atoms with Gasteiger partial charge < -0.3 is 21.1 Å². The Morgan fingerprint density at radius 1 is 1.71 bits per heavy atom. The molecule has 1 aliphatic heterocycles. The number of nitrogens with one attached hydrogen (secondary N) is 1. The number of hydrogen-bond acceptors (Lipinski definition) is 6. The van der Waals surface area contributed by atoms with Crippen LogP contribution < -0.4 is 16.0 Å². The van der Waals surface area contributed by atoms with Crippen molar-refractivity contribution in [2.75, 3.05) is 36.5 Å². The van der Waals surface area contributed by atoms with Crippen LogP contribution in [0.15, 0.2) is 17.6 Å². The highest BCUT2D eigenvalue weighted by Crippen LogP contribution is 2.45. The lowest BCUT2D eigenvalue weighted by atomic mass is 10.1. The minimum absolute atomic E-state index is 0.176. The van der Waals surface area contributed by atoms with E-state index in [2.05, 4.69) is 16.8 Å².